The lowest BCUT2D eigenvalue weighted by atomic mass is 9.97. The van der Waals surface area contributed by atoms with Crippen LogP contribution in [-0.2, 0) is 14.3 Å². The van der Waals surface area contributed by atoms with E-state index < -0.39 is 0 Å². The Kier molecular flexibility index (Phi) is 4.58. The molecule has 1 unspecified atom stereocenters. The maximum Gasteiger partial charge on any atom is 0.323 e. The van der Waals surface area contributed by atoms with Crippen molar-refractivity contribution < 1.29 is 14.3 Å². The summed E-state index contributed by atoms with van der Waals surface area (Å²) in [6.07, 6.45) is 5.80. The van der Waals surface area contributed by atoms with Gasteiger partial charge in [-0.25, -0.2) is 0 Å². The van der Waals surface area contributed by atoms with Gasteiger partial charge in [0, 0.05) is 6.54 Å². The van der Waals surface area contributed by atoms with E-state index in [1.165, 1.54) is 7.11 Å². The summed E-state index contributed by atoms with van der Waals surface area (Å²) >= 11 is 0. The number of esters is 1. The molecule has 0 bridgehead atoms. The van der Waals surface area contributed by atoms with Gasteiger partial charge in [0.2, 0.25) is 5.91 Å². The molecule has 1 amide bonds. The third-order valence-electron chi connectivity index (χ3n) is 3.92. The quantitative estimate of drug-likeness (QED) is 0.736. The van der Waals surface area contributed by atoms with E-state index in [1.54, 1.807) is 0 Å². The Balaban J connectivity index is 2.11. The van der Waals surface area contributed by atoms with Crippen molar-refractivity contribution in [3.8, 4) is 0 Å². The second kappa shape index (κ2) is 6.18. The number of likely N-dealkylation sites (tertiary alicyclic amines) is 1. The molecule has 0 aliphatic carbocycles. The van der Waals surface area contributed by atoms with Crippen molar-refractivity contribution in [2.45, 2.75) is 50.6 Å². The van der Waals surface area contributed by atoms with Crippen LogP contribution in [0.15, 0.2) is 0 Å². The van der Waals surface area contributed by atoms with Crippen LogP contribution in [-0.4, -0.2) is 49.1 Å². The summed E-state index contributed by atoms with van der Waals surface area (Å²) < 4.78 is 4.86. The number of piperidine rings is 1. The number of hydrogen-bond donors (Lipinski definition) is 1. The number of amides is 1. The largest absolute Gasteiger partial charge is 0.468 e. The molecule has 2 aliphatic heterocycles. The van der Waals surface area contributed by atoms with E-state index in [0.717, 1.165) is 51.6 Å². The fraction of sp³-hybridized carbons (Fsp3) is 0.846. The maximum absolute atomic E-state index is 12.1. The topological polar surface area (TPSA) is 58.6 Å². The van der Waals surface area contributed by atoms with Crippen LogP contribution in [0.3, 0.4) is 0 Å². The van der Waals surface area contributed by atoms with Gasteiger partial charge in [-0.15, -0.1) is 0 Å². The highest BCUT2D eigenvalue weighted by Gasteiger charge is 2.37. The van der Waals surface area contributed by atoms with Crippen LogP contribution in [0.1, 0.15) is 38.5 Å². The highest BCUT2D eigenvalue weighted by Crippen LogP contribution is 2.24. The monoisotopic (exact) mass is 254 g/mol. The van der Waals surface area contributed by atoms with Crippen molar-refractivity contribution in [3.63, 3.8) is 0 Å². The van der Waals surface area contributed by atoms with Gasteiger partial charge in [-0.3, -0.25) is 14.5 Å². The fourth-order valence-corrected chi connectivity index (χ4v) is 2.96. The van der Waals surface area contributed by atoms with Crippen LogP contribution in [0.2, 0.25) is 0 Å². The lowest BCUT2D eigenvalue weighted by Crippen LogP contribution is -2.55. The average Bonchev–Trinajstić information content (AvgIpc) is 2.62. The van der Waals surface area contributed by atoms with Crippen molar-refractivity contribution in [3.05, 3.63) is 0 Å². The predicted molar refractivity (Wildman–Crippen MR) is 67.0 cm³/mol. The number of carbonyl (C=O) groups is 2. The summed E-state index contributed by atoms with van der Waals surface area (Å²) in [4.78, 5) is 25.9. The zero-order valence-electron chi connectivity index (χ0n) is 11.0. The summed E-state index contributed by atoms with van der Waals surface area (Å²) in [5, 5.41) is 2.94. The minimum absolute atomic E-state index is 0.0725. The summed E-state index contributed by atoms with van der Waals surface area (Å²) in [5.41, 5.74) is 0. The Hall–Kier alpha value is -1.10. The predicted octanol–water partition coefficient (Wildman–Crippen LogP) is 0.683. The van der Waals surface area contributed by atoms with Crippen LogP contribution < -0.4 is 5.32 Å². The number of carbonyl (C=O) groups excluding carboxylic acids is 2. The van der Waals surface area contributed by atoms with E-state index in [9.17, 15) is 9.59 Å². The second-order valence-corrected chi connectivity index (χ2v) is 5.08. The molecule has 2 atom stereocenters. The van der Waals surface area contributed by atoms with Gasteiger partial charge in [0.15, 0.2) is 0 Å². The molecule has 0 saturated carbocycles. The van der Waals surface area contributed by atoms with Gasteiger partial charge in [-0.05, 0) is 38.6 Å². The van der Waals surface area contributed by atoms with Crippen molar-refractivity contribution in [2.24, 2.45) is 0 Å². The van der Waals surface area contributed by atoms with E-state index in [-0.39, 0.29) is 24.0 Å². The molecule has 0 aromatic rings. The number of rotatable bonds is 2. The van der Waals surface area contributed by atoms with Crippen LogP contribution in [0.4, 0.5) is 0 Å². The van der Waals surface area contributed by atoms with Crippen LogP contribution in [0.25, 0.3) is 0 Å². The minimum Gasteiger partial charge on any atom is -0.468 e. The molecule has 102 valence electrons. The van der Waals surface area contributed by atoms with Crippen molar-refractivity contribution in [1.29, 1.82) is 0 Å². The van der Waals surface area contributed by atoms with E-state index in [0.29, 0.717) is 0 Å². The normalized spacial score (nSPS) is 30.4. The number of nitrogens with zero attached hydrogens (tertiary/aromatic N) is 1. The molecular formula is C13H22N2O3. The molecule has 0 spiro atoms. The van der Waals surface area contributed by atoms with Crippen LogP contribution in [0.5, 0.6) is 0 Å². The first-order valence-corrected chi connectivity index (χ1v) is 6.85. The molecule has 18 heavy (non-hydrogen) atoms. The molecule has 2 heterocycles. The maximum atomic E-state index is 12.1. The first-order valence-electron chi connectivity index (χ1n) is 6.85. The molecule has 2 aliphatic rings. The molecule has 2 rings (SSSR count). The Morgan fingerprint density at radius 3 is 2.83 bits per heavy atom. The Bertz CT molecular complexity index is 319. The molecule has 0 radical (unpaired) electrons. The van der Waals surface area contributed by atoms with Crippen LogP contribution in [0, 0.1) is 0 Å². The van der Waals surface area contributed by atoms with E-state index in [4.69, 9.17) is 4.74 Å². The second-order valence-electron chi connectivity index (χ2n) is 5.08. The van der Waals surface area contributed by atoms with Gasteiger partial charge in [0.05, 0.1) is 13.2 Å². The lowest BCUT2D eigenvalue weighted by Gasteiger charge is -2.38. The summed E-state index contributed by atoms with van der Waals surface area (Å²) in [6.45, 7) is 1.57. The van der Waals surface area contributed by atoms with Gasteiger partial charge >= 0.3 is 5.97 Å². The van der Waals surface area contributed by atoms with Gasteiger partial charge in [-0.1, -0.05) is 6.42 Å². The third kappa shape index (κ3) is 2.83. The smallest absolute Gasteiger partial charge is 0.323 e. The first kappa shape index (κ1) is 13.3. The molecule has 0 aromatic carbocycles. The number of hydrogen-bond acceptors (Lipinski definition) is 4. The molecule has 2 fully saturated rings. The zero-order chi connectivity index (χ0) is 13.0. The van der Waals surface area contributed by atoms with Gasteiger partial charge < -0.3 is 10.1 Å². The Morgan fingerprint density at radius 2 is 2.06 bits per heavy atom. The van der Waals surface area contributed by atoms with Crippen molar-refractivity contribution in [2.75, 3.05) is 20.2 Å². The van der Waals surface area contributed by atoms with E-state index in [1.807, 2.05) is 0 Å². The minimum atomic E-state index is -0.238. The summed E-state index contributed by atoms with van der Waals surface area (Å²) in [5.74, 6) is -0.130. The van der Waals surface area contributed by atoms with Gasteiger partial charge in [0.1, 0.15) is 6.04 Å². The molecule has 5 heteroatoms. The molecule has 5 nitrogen and oxygen atoms in total. The highest BCUT2D eigenvalue weighted by molar-refractivity contribution is 5.83. The average molecular weight is 254 g/mol. The highest BCUT2D eigenvalue weighted by atomic mass is 16.5. The van der Waals surface area contributed by atoms with Crippen molar-refractivity contribution >= 4 is 11.9 Å². The Labute approximate surface area is 108 Å². The molecule has 0 aromatic heterocycles. The number of ether oxygens (including phenoxy) is 1. The number of nitrogens with one attached hydrogen (secondary N) is 1. The van der Waals surface area contributed by atoms with Gasteiger partial charge in [-0.2, -0.15) is 0 Å². The standard InChI is InChI=1S/C13H22N2O3/c1-18-13(17)11-7-3-5-9-15(11)10-6-2-4-8-14-12(10)16/h10-11H,2-9H2,1H3,(H,14,16)/t10?,11-/m1/s1. The summed E-state index contributed by atoms with van der Waals surface area (Å²) in [7, 11) is 1.42. The zero-order valence-corrected chi connectivity index (χ0v) is 11.0. The SMILES string of the molecule is COC(=O)[C@H]1CCCCN1C1CCCCNC1=O. The Morgan fingerprint density at radius 1 is 1.28 bits per heavy atom. The van der Waals surface area contributed by atoms with E-state index >= 15 is 0 Å². The number of methoxy groups -OCH3 is 1. The van der Waals surface area contributed by atoms with Crippen molar-refractivity contribution in [1.82, 2.24) is 10.2 Å². The van der Waals surface area contributed by atoms with E-state index in [2.05, 4.69) is 10.2 Å². The lowest BCUT2D eigenvalue weighted by molar-refractivity contribution is -0.150. The molecule has 2 saturated heterocycles. The third-order valence-corrected chi connectivity index (χ3v) is 3.92. The van der Waals surface area contributed by atoms with Gasteiger partial charge in [0.25, 0.3) is 0 Å². The van der Waals surface area contributed by atoms with Crippen LogP contribution >= 0.6 is 0 Å². The fourth-order valence-electron chi connectivity index (χ4n) is 2.96. The molecular weight excluding hydrogens is 232 g/mol. The molecule has 1 N–H and O–H groups in total. The summed E-state index contributed by atoms with van der Waals surface area (Å²) in [6, 6.07) is -0.394. The first-order chi connectivity index (χ1) is 8.74.